The Morgan fingerprint density at radius 1 is 1.19 bits per heavy atom. The molecule has 0 bridgehead atoms. The standard InChI is InChI=1S/C22H26FN7O/c23-15-3-5-16(6-4-15)28-21-19(20(25)31)13-30(29-21)22(14-24)9-7-17(8-10-22)27-18-2-1-11-26-12-18/h1-6,11-13,17,27H,7-10,14,24H2,(H2,25,31)(H,28,29). The normalized spacial score (nSPS) is 20.9. The van der Waals surface area contributed by atoms with Crippen LogP contribution in [0.3, 0.4) is 0 Å². The molecule has 1 fully saturated rings. The molecule has 2 heterocycles. The number of primary amides is 1. The van der Waals surface area contributed by atoms with Crippen LogP contribution < -0.4 is 22.1 Å². The zero-order valence-corrected chi connectivity index (χ0v) is 17.1. The summed E-state index contributed by atoms with van der Waals surface area (Å²) in [5.41, 5.74) is 13.3. The topological polar surface area (TPSA) is 124 Å². The van der Waals surface area contributed by atoms with Crippen molar-refractivity contribution in [2.24, 2.45) is 11.5 Å². The van der Waals surface area contributed by atoms with Crippen molar-refractivity contribution in [1.29, 1.82) is 0 Å². The van der Waals surface area contributed by atoms with Crippen LogP contribution in [0.25, 0.3) is 0 Å². The van der Waals surface area contributed by atoms with Gasteiger partial charge in [0.15, 0.2) is 5.82 Å². The maximum absolute atomic E-state index is 13.2. The lowest BCUT2D eigenvalue weighted by Crippen LogP contribution is -2.46. The summed E-state index contributed by atoms with van der Waals surface area (Å²) < 4.78 is 15.0. The highest BCUT2D eigenvalue weighted by atomic mass is 19.1. The highest BCUT2D eigenvalue weighted by molar-refractivity contribution is 5.98. The lowest BCUT2D eigenvalue weighted by molar-refractivity contribution is 0.100. The van der Waals surface area contributed by atoms with E-state index in [1.165, 1.54) is 12.1 Å². The molecule has 1 aromatic carbocycles. The zero-order chi connectivity index (χ0) is 21.8. The Balaban J connectivity index is 1.53. The number of anilines is 3. The number of halogens is 1. The number of nitrogens with two attached hydrogens (primary N) is 2. The molecule has 0 unspecified atom stereocenters. The van der Waals surface area contributed by atoms with Crippen LogP contribution in [-0.4, -0.2) is 33.3 Å². The van der Waals surface area contributed by atoms with Gasteiger partial charge in [0.2, 0.25) is 0 Å². The molecule has 0 atom stereocenters. The summed E-state index contributed by atoms with van der Waals surface area (Å²) in [7, 11) is 0. The third-order valence-corrected chi connectivity index (χ3v) is 5.90. The monoisotopic (exact) mass is 423 g/mol. The van der Waals surface area contributed by atoms with E-state index in [1.54, 1.807) is 29.2 Å². The van der Waals surface area contributed by atoms with E-state index in [9.17, 15) is 9.18 Å². The minimum atomic E-state index is -0.588. The van der Waals surface area contributed by atoms with Crippen LogP contribution in [0.2, 0.25) is 0 Å². The Morgan fingerprint density at radius 2 is 1.94 bits per heavy atom. The summed E-state index contributed by atoms with van der Waals surface area (Å²) in [5.74, 6) is -0.595. The second-order valence-electron chi connectivity index (χ2n) is 7.92. The summed E-state index contributed by atoms with van der Waals surface area (Å²) in [5, 5.41) is 11.2. The maximum Gasteiger partial charge on any atom is 0.254 e. The van der Waals surface area contributed by atoms with Gasteiger partial charge in [-0.3, -0.25) is 14.5 Å². The number of amides is 1. The smallest absolute Gasteiger partial charge is 0.254 e. The lowest BCUT2D eigenvalue weighted by atomic mass is 9.79. The molecule has 6 N–H and O–H groups in total. The molecular formula is C22H26FN7O. The molecule has 3 aromatic rings. The molecule has 0 aliphatic heterocycles. The Kier molecular flexibility index (Phi) is 5.85. The third kappa shape index (κ3) is 4.51. The van der Waals surface area contributed by atoms with Gasteiger partial charge < -0.3 is 22.1 Å². The summed E-state index contributed by atoms with van der Waals surface area (Å²) in [4.78, 5) is 16.2. The van der Waals surface area contributed by atoms with Crippen molar-refractivity contribution in [2.45, 2.75) is 37.3 Å². The van der Waals surface area contributed by atoms with Crippen LogP contribution in [0.1, 0.15) is 36.0 Å². The molecule has 9 heteroatoms. The van der Waals surface area contributed by atoms with Crippen molar-refractivity contribution in [3.05, 3.63) is 66.4 Å². The molecule has 1 aliphatic carbocycles. The average molecular weight is 423 g/mol. The summed E-state index contributed by atoms with van der Waals surface area (Å²) in [6.45, 7) is 0.391. The third-order valence-electron chi connectivity index (χ3n) is 5.90. The van der Waals surface area contributed by atoms with Gasteiger partial charge in [0.1, 0.15) is 11.4 Å². The predicted molar refractivity (Wildman–Crippen MR) is 118 cm³/mol. The average Bonchev–Trinajstić information content (AvgIpc) is 3.21. The minimum Gasteiger partial charge on any atom is -0.381 e. The van der Waals surface area contributed by atoms with Crippen molar-refractivity contribution in [3.63, 3.8) is 0 Å². The van der Waals surface area contributed by atoms with Crippen LogP contribution >= 0.6 is 0 Å². The second-order valence-corrected chi connectivity index (χ2v) is 7.92. The summed E-state index contributed by atoms with van der Waals surface area (Å²) in [6, 6.07) is 10.0. The fourth-order valence-corrected chi connectivity index (χ4v) is 4.07. The molecule has 1 saturated carbocycles. The molecule has 4 rings (SSSR count). The van der Waals surface area contributed by atoms with Gasteiger partial charge in [-0.1, -0.05) is 0 Å². The molecular weight excluding hydrogens is 397 g/mol. The highest BCUT2D eigenvalue weighted by Crippen LogP contribution is 2.36. The number of carbonyl (C=O) groups is 1. The van der Waals surface area contributed by atoms with Gasteiger partial charge in [-0.2, -0.15) is 5.10 Å². The van der Waals surface area contributed by atoms with Crippen molar-refractivity contribution < 1.29 is 9.18 Å². The number of nitrogens with one attached hydrogen (secondary N) is 2. The van der Waals surface area contributed by atoms with Gasteiger partial charge in [-0.25, -0.2) is 4.39 Å². The van der Waals surface area contributed by atoms with Gasteiger partial charge in [0, 0.05) is 36.9 Å². The fraction of sp³-hybridized carbons (Fsp3) is 0.318. The van der Waals surface area contributed by atoms with Crippen molar-refractivity contribution in [1.82, 2.24) is 14.8 Å². The first-order valence-corrected chi connectivity index (χ1v) is 10.3. The number of rotatable bonds is 7. The molecule has 0 spiro atoms. The number of hydrogen-bond donors (Lipinski definition) is 4. The van der Waals surface area contributed by atoms with E-state index in [4.69, 9.17) is 11.5 Å². The van der Waals surface area contributed by atoms with Crippen LogP contribution in [0.5, 0.6) is 0 Å². The molecule has 1 aliphatic rings. The predicted octanol–water partition coefficient (Wildman–Crippen LogP) is 2.97. The number of carbonyl (C=O) groups excluding carboxylic acids is 1. The molecule has 1 amide bonds. The van der Waals surface area contributed by atoms with E-state index in [1.807, 2.05) is 18.3 Å². The van der Waals surface area contributed by atoms with Gasteiger partial charge in [-0.15, -0.1) is 0 Å². The molecule has 2 aromatic heterocycles. The number of aromatic nitrogens is 3. The van der Waals surface area contributed by atoms with E-state index in [2.05, 4.69) is 20.7 Å². The first-order chi connectivity index (χ1) is 15.0. The lowest BCUT2D eigenvalue weighted by Gasteiger charge is -2.40. The number of pyridine rings is 1. The Hall–Kier alpha value is -3.46. The SMILES string of the molecule is NCC1(n2cc(C(N)=O)c(Nc3ccc(F)cc3)n2)CCC(Nc2cccnc2)CC1. The number of hydrogen-bond acceptors (Lipinski definition) is 6. The van der Waals surface area contributed by atoms with Crippen LogP contribution in [0, 0.1) is 5.82 Å². The molecule has 0 radical (unpaired) electrons. The van der Waals surface area contributed by atoms with Gasteiger partial charge >= 0.3 is 0 Å². The van der Waals surface area contributed by atoms with Crippen molar-refractivity contribution >= 4 is 23.1 Å². The van der Waals surface area contributed by atoms with E-state index in [0.29, 0.717) is 24.1 Å². The maximum atomic E-state index is 13.2. The van der Waals surface area contributed by atoms with Crippen LogP contribution in [0.15, 0.2) is 55.0 Å². The first kappa shape index (κ1) is 20.8. The van der Waals surface area contributed by atoms with E-state index in [0.717, 1.165) is 31.4 Å². The van der Waals surface area contributed by atoms with Crippen molar-refractivity contribution in [3.8, 4) is 0 Å². The molecule has 31 heavy (non-hydrogen) atoms. The fourth-order valence-electron chi connectivity index (χ4n) is 4.07. The zero-order valence-electron chi connectivity index (χ0n) is 17.1. The van der Waals surface area contributed by atoms with Gasteiger partial charge in [0.05, 0.1) is 11.2 Å². The highest BCUT2D eigenvalue weighted by Gasteiger charge is 2.37. The van der Waals surface area contributed by atoms with Crippen LogP contribution in [-0.2, 0) is 5.54 Å². The van der Waals surface area contributed by atoms with Gasteiger partial charge in [-0.05, 0) is 62.1 Å². The first-order valence-electron chi connectivity index (χ1n) is 10.3. The molecule has 162 valence electrons. The second kappa shape index (κ2) is 8.73. The number of benzene rings is 1. The minimum absolute atomic E-state index is 0.271. The Labute approximate surface area is 179 Å². The molecule has 8 nitrogen and oxygen atoms in total. The van der Waals surface area contributed by atoms with E-state index < -0.39 is 11.4 Å². The Morgan fingerprint density at radius 3 is 2.55 bits per heavy atom. The van der Waals surface area contributed by atoms with Gasteiger partial charge in [0.25, 0.3) is 5.91 Å². The van der Waals surface area contributed by atoms with Crippen LogP contribution in [0.4, 0.5) is 21.6 Å². The van der Waals surface area contributed by atoms with Crippen molar-refractivity contribution in [2.75, 3.05) is 17.2 Å². The number of nitrogens with zero attached hydrogens (tertiary/aromatic N) is 3. The van der Waals surface area contributed by atoms with E-state index >= 15 is 0 Å². The quantitative estimate of drug-likeness (QED) is 0.463. The summed E-state index contributed by atoms with van der Waals surface area (Å²) in [6.07, 6.45) is 8.63. The Bertz CT molecular complexity index is 1030. The largest absolute Gasteiger partial charge is 0.381 e. The molecule has 0 saturated heterocycles. The van der Waals surface area contributed by atoms with E-state index in [-0.39, 0.29) is 11.4 Å². The summed E-state index contributed by atoms with van der Waals surface area (Å²) >= 11 is 0.